The Balaban J connectivity index is 1.23. The van der Waals surface area contributed by atoms with Crippen LogP contribution in [-0.2, 0) is 23.8 Å². The topological polar surface area (TPSA) is 86.7 Å². The van der Waals surface area contributed by atoms with Gasteiger partial charge in [-0.05, 0) is 91.7 Å². The highest BCUT2D eigenvalue weighted by atomic mass is 32.1. The van der Waals surface area contributed by atoms with Crippen LogP contribution in [-0.4, -0.2) is 39.8 Å². The Bertz CT molecular complexity index is 1470. The fourth-order valence-electron chi connectivity index (χ4n) is 8.85. The maximum Gasteiger partial charge on any atom is 0.167 e. The molecule has 4 fully saturated rings. The molecule has 188 valence electrons. The van der Waals surface area contributed by atoms with Crippen molar-refractivity contribution >= 4 is 27.2 Å². The summed E-state index contributed by atoms with van der Waals surface area (Å²) in [5, 5.41) is 19.4. The van der Waals surface area contributed by atoms with Crippen LogP contribution in [0.3, 0.4) is 0 Å². The van der Waals surface area contributed by atoms with Crippen LogP contribution in [0.15, 0.2) is 12.7 Å². The van der Waals surface area contributed by atoms with Crippen molar-refractivity contribution in [2.45, 2.75) is 95.9 Å². The Labute approximate surface area is 214 Å². The van der Waals surface area contributed by atoms with Crippen LogP contribution in [0.4, 0.5) is 0 Å². The predicted octanol–water partition coefficient (Wildman–Crippen LogP) is 5.11. The van der Waals surface area contributed by atoms with E-state index in [0.717, 1.165) is 47.9 Å². The van der Waals surface area contributed by atoms with Gasteiger partial charge in [0, 0.05) is 10.3 Å². The molecule has 0 amide bonds. The summed E-state index contributed by atoms with van der Waals surface area (Å²) in [5.74, 6) is 3.14. The molecule has 0 unspecified atom stereocenters. The highest BCUT2D eigenvalue weighted by Crippen LogP contribution is 2.64. The van der Waals surface area contributed by atoms with E-state index in [2.05, 4.69) is 36.2 Å². The van der Waals surface area contributed by atoms with Gasteiger partial charge in [0.25, 0.3) is 0 Å². The summed E-state index contributed by atoms with van der Waals surface area (Å²) in [6, 6.07) is 0. The molecule has 0 N–H and O–H groups in total. The summed E-state index contributed by atoms with van der Waals surface area (Å²) in [7, 11) is 0. The van der Waals surface area contributed by atoms with Crippen LogP contribution in [0, 0.1) is 23.2 Å². The molecule has 0 saturated heterocycles. The van der Waals surface area contributed by atoms with Crippen molar-refractivity contribution in [3.05, 3.63) is 28.9 Å². The molecule has 4 bridgehead atoms. The number of thiophene rings is 1. The van der Waals surface area contributed by atoms with Gasteiger partial charge in [0.05, 0.1) is 10.9 Å². The number of fused-ring (bicyclic) bond motifs is 5. The lowest BCUT2D eigenvalue weighted by Crippen LogP contribution is -2.59. The summed E-state index contributed by atoms with van der Waals surface area (Å²) < 4.78 is 1.98. The van der Waals surface area contributed by atoms with Crippen LogP contribution in [0.5, 0.6) is 0 Å². The van der Waals surface area contributed by atoms with Crippen LogP contribution in [0.25, 0.3) is 15.9 Å². The van der Waals surface area contributed by atoms with Crippen molar-refractivity contribution < 1.29 is 0 Å². The number of rotatable bonds is 4. The fraction of sp³-hybridized carbons (Fsp3) is 0.704. The quantitative estimate of drug-likeness (QED) is 0.385. The molecule has 3 atom stereocenters. The molecule has 4 aromatic rings. The first-order valence-corrected chi connectivity index (χ1v) is 14.6. The van der Waals surface area contributed by atoms with Gasteiger partial charge in [-0.25, -0.2) is 14.5 Å². The predicted molar refractivity (Wildman–Crippen MR) is 138 cm³/mol. The van der Waals surface area contributed by atoms with E-state index < -0.39 is 0 Å². The van der Waals surface area contributed by atoms with Gasteiger partial charge in [-0.15, -0.1) is 26.6 Å². The lowest BCUT2D eigenvalue weighted by molar-refractivity contribution is -0.0785. The van der Waals surface area contributed by atoms with E-state index in [4.69, 9.17) is 15.1 Å². The minimum Gasteiger partial charge on any atom is -0.225 e. The smallest absolute Gasteiger partial charge is 0.167 e. The maximum absolute atomic E-state index is 5.36. The van der Waals surface area contributed by atoms with Crippen molar-refractivity contribution in [3.63, 3.8) is 0 Å². The molecule has 4 aromatic heterocycles. The fourth-order valence-corrected chi connectivity index (χ4v) is 10.1. The van der Waals surface area contributed by atoms with E-state index in [1.807, 2.05) is 27.0 Å². The largest absolute Gasteiger partial charge is 0.225 e. The third kappa shape index (κ3) is 2.86. The molecule has 0 aromatic carbocycles. The van der Waals surface area contributed by atoms with Crippen molar-refractivity contribution in [2.24, 2.45) is 23.2 Å². The second-order valence-corrected chi connectivity index (χ2v) is 14.2. The molecule has 9 rings (SSSR count). The van der Waals surface area contributed by atoms with E-state index in [9.17, 15) is 0 Å². The van der Waals surface area contributed by atoms with Crippen molar-refractivity contribution in [3.8, 4) is 0 Å². The Morgan fingerprint density at radius 3 is 2.75 bits per heavy atom. The third-order valence-electron chi connectivity index (χ3n) is 10.7. The number of tetrazole rings is 1. The molecule has 8 nitrogen and oxygen atoms in total. The van der Waals surface area contributed by atoms with Gasteiger partial charge >= 0.3 is 0 Å². The average Bonchev–Trinajstić information content (AvgIpc) is 3.61. The first-order chi connectivity index (χ1) is 17.4. The van der Waals surface area contributed by atoms with Crippen LogP contribution < -0.4 is 0 Å². The Kier molecular flexibility index (Phi) is 4.28. The third-order valence-corrected chi connectivity index (χ3v) is 11.8. The second kappa shape index (κ2) is 7.11. The SMILES string of the molecule is CCC(C)(C)[C@H]1CCc2c(sc3ncn4nc(C56C[C@@H]7C[C@@H](C5)CC(n5ncnn5)(C7)C6)nc4c23)C1. The van der Waals surface area contributed by atoms with Gasteiger partial charge < -0.3 is 0 Å². The van der Waals surface area contributed by atoms with Crippen LogP contribution in [0.1, 0.15) is 88.4 Å². The summed E-state index contributed by atoms with van der Waals surface area (Å²) in [5.41, 5.74) is 2.86. The Morgan fingerprint density at radius 1 is 1.17 bits per heavy atom. The van der Waals surface area contributed by atoms with Crippen LogP contribution >= 0.6 is 11.3 Å². The molecule has 5 aliphatic carbocycles. The number of nitrogens with zero attached hydrogens (tertiary/aromatic N) is 8. The van der Waals surface area contributed by atoms with Gasteiger partial charge in [0.1, 0.15) is 11.2 Å². The number of hydrogen-bond donors (Lipinski definition) is 0. The van der Waals surface area contributed by atoms with E-state index >= 15 is 0 Å². The van der Waals surface area contributed by atoms with Crippen molar-refractivity contribution in [2.75, 3.05) is 0 Å². The molecule has 9 heteroatoms. The maximum atomic E-state index is 5.36. The molecule has 0 radical (unpaired) electrons. The average molecular weight is 503 g/mol. The lowest BCUT2D eigenvalue weighted by Gasteiger charge is -2.60. The van der Waals surface area contributed by atoms with Crippen LogP contribution in [0.2, 0.25) is 0 Å². The molecular weight excluding hydrogens is 468 g/mol. The standard InChI is InChI=1S/C27H34N8S/c1-4-25(2,3)18-5-6-19-20(8-18)36-23-21(19)22-31-24(32-34(22)15-28-23)26-9-16-7-17(10-26)12-27(11-16,13-26)35-30-14-29-33-35/h14-18H,4-13H2,1-3H3/t16-,17-,18-,26?,27?/m0/s1. The zero-order chi connectivity index (χ0) is 24.3. The van der Waals surface area contributed by atoms with Crippen molar-refractivity contribution in [1.82, 2.24) is 39.8 Å². The van der Waals surface area contributed by atoms with Gasteiger partial charge in [0.2, 0.25) is 0 Å². The monoisotopic (exact) mass is 502 g/mol. The molecule has 0 spiro atoms. The van der Waals surface area contributed by atoms with E-state index in [0.29, 0.717) is 17.3 Å². The highest BCUT2D eigenvalue weighted by Gasteiger charge is 2.61. The van der Waals surface area contributed by atoms with Gasteiger partial charge in [-0.1, -0.05) is 27.2 Å². The zero-order valence-corrected chi connectivity index (χ0v) is 22.3. The molecule has 4 saturated carbocycles. The Hall–Kier alpha value is -2.42. The van der Waals surface area contributed by atoms with E-state index in [1.165, 1.54) is 54.4 Å². The van der Waals surface area contributed by atoms with Gasteiger partial charge in [0.15, 0.2) is 17.8 Å². The first kappa shape index (κ1) is 21.6. The normalized spacial score (nSPS) is 33.6. The molecule has 0 aliphatic heterocycles. The van der Waals surface area contributed by atoms with E-state index in [-0.39, 0.29) is 11.0 Å². The second-order valence-electron chi connectivity index (χ2n) is 13.1. The van der Waals surface area contributed by atoms with Gasteiger partial charge in [-0.2, -0.15) is 4.80 Å². The van der Waals surface area contributed by atoms with E-state index in [1.54, 1.807) is 6.33 Å². The highest BCUT2D eigenvalue weighted by molar-refractivity contribution is 7.19. The number of hydrogen-bond acceptors (Lipinski definition) is 7. The molecular formula is C27H34N8S. The zero-order valence-electron chi connectivity index (χ0n) is 21.4. The minimum absolute atomic E-state index is 0.00237. The summed E-state index contributed by atoms with van der Waals surface area (Å²) in [6.07, 6.45) is 15.3. The minimum atomic E-state index is -0.0335. The molecule has 4 heterocycles. The number of aromatic nitrogens is 8. The summed E-state index contributed by atoms with van der Waals surface area (Å²) >= 11 is 1.89. The Morgan fingerprint density at radius 2 is 2.00 bits per heavy atom. The lowest BCUT2D eigenvalue weighted by atomic mass is 9.46. The first-order valence-electron chi connectivity index (χ1n) is 13.8. The molecule has 5 aliphatic rings. The molecule has 36 heavy (non-hydrogen) atoms. The van der Waals surface area contributed by atoms with Gasteiger partial charge in [-0.3, -0.25) is 0 Å². The van der Waals surface area contributed by atoms with Crippen molar-refractivity contribution in [1.29, 1.82) is 0 Å². The number of aryl methyl sites for hydroxylation is 1. The summed E-state index contributed by atoms with van der Waals surface area (Å²) in [6.45, 7) is 7.20. The summed E-state index contributed by atoms with van der Waals surface area (Å²) in [4.78, 5) is 14.8.